The summed E-state index contributed by atoms with van der Waals surface area (Å²) in [6.07, 6.45) is 11.0. The van der Waals surface area contributed by atoms with Gasteiger partial charge in [-0.05, 0) is 68.1 Å². The van der Waals surface area contributed by atoms with Crippen molar-refractivity contribution >= 4 is 23.4 Å². The quantitative estimate of drug-likeness (QED) is 0.443. The average molecular weight is 571 g/mol. The van der Waals surface area contributed by atoms with Crippen LogP contribution >= 0.6 is 0 Å². The van der Waals surface area contributed by atoms with Gasteiger partial charge in [0.2, 0.25) is 11.8 Å². The average Bonchev–Trinajstić information content (AvgIpc) is 3.65. The molecule has 7 nitrogen and oxygen atoms in total. The SMILES string of the molecule is O=C(CCC1CCCC1)N1CCC2(CC1)C(=O)N(CC(=O)N1CCC(Cc3ccccc3)CC1)CN2c1ccccc1. The van der Waals surface area contributed by atoms with Crippen LogP contribution in [0.4, 0.5) is 5.69 Å². The first kappa shape index (κ1) is 28.8. The van der Waals surface area contributed by atoms with Crippen molar-refractivity contribution < 1.29 is 14.4 Å². The number of likely N-dealkylation sites (tertiary alicyclic amines) is 2. The highest BCUT2D eigenvalue weighted by Crippen LogP contribution is 2.40. The van der Waals surface area contributed by atoms with Crippen LogP contribution in [-0.4, -0.2) is 77.4 Å². The van der Waals surface area contributed by atoms with E-state index in [1.165, 1.54) is 31.2 Å². The van der Waals surface area contributed by atoms with Gasteiger partial charge in [0.05, 0.1) is 6.67 Å². The molecule has 3 heterocycles. The van der Waals surface area contributed by atoms with E-state index in [-0.39, 0.29) is 24.3 Å². The van der Waals surface area contributed by atoms with Crippen molar-refractivity contribution in [3.05, 3.63) is 66.2 Å². The maximum Gasteiger partial charge on any atom is 0.250 e. The lowest BCUT2D eigenvalue weighted by Gasteiger charge is -2.43. The van der Waals surface area contributed by atoms with Gasteiger partial charge in [-0.3, -0.25) is 14.4 Å². The summed E-state index contributed by atoms with van der Waals surface area (Å²) in [4.78, 5) is 48.6. The monoisotopic (exact) mass is 570 g/mol. The van der Waals surface area contributed by atoms with Crippen molar-refractivity contribution in [3.63, 3.8) is 0 Å². The zero-order valence-corrected chi connectivity index (χ0v) is 25.0. The van der Waals surface area contributed by atoms with Gasteiger partial charge in [0.15, 0.2) is 0 Å². The Kier molecular flexibility index (Phi) is 8.82. The molecule has 3 amide bonds. The summed E-state index contributed by atoms with van der Waals surface area (Å²) in [5.41, 5.74) is 1.66. The van der Waals surface area contributed by atoms with Gasteiger partial charge in [0.1, 0.15) is 12.1 Å². The van der Waals surface area contributed by atoms with Gasteiger partial charge in [-0.25, -0.2) is 0 Å². The molecule has 4 fully saturated rings. The van der Waals surface area contributed by atoms with Crippen molar-refractivity contribution in [1.82, 2.24) is 14.7 Å². The van der Waals surface area contributed by atoms with Crippen LogP contribution in [-0.2, 0) is 20.8 Å². The van der Waals surface area contributed by atoms with E-state index < -0.39 is 5.54 Å². The standard InChI is InChI=1S/C35H46N4O3/c40-32(16-15-28-9-7-8-10-28)37-23-19-35(20-24-37)34(42)38(27-39(35)31-13-5-2-6-14-31)26-33(41)36-21-17-30(18-22-36)25-29-11-3-1-4-12-29/h1-6,11-14,28,30H,7-10,15-27H2. The van der Waals surface area contributed by atoms with Crippen molar-refractivity contribution in [2.24, 2.45) is 11.8 Å². The Hall–Kier alpha value is -3.35. The van der Waals surface area contributed by atoms with Gasteiger partial charge in [-0.15, -0.1) is 0 Å². The van der Waals surface area contributed by atoms with Crippen molar-refractivity contribution in [3.8, 4) is 0 Å². The summed E-state index contributed by atoms with van der Waals surface area (Å²) in [7, 11) is 0. The number of carbonyl (C=O) groups is 3. The fourth-order valence-corrected chi connectivity index (χ4v) is 7.83. The summed E-state index contributed by atoms with van der Waals surface area (Å²) in [5, 5.41) is 0. The maximum absolute atomic E-state index is 14.1. The number of anilines is 1. The lowest BCUT2D eigenvalue weighted by molar-refractivity contribution is -0.142. The van der Waals surface area contributed by atoms with E-state index >= 15 is 0 Å². The molecule has 4 aliphatic rings. The highest BCUT2D eigenvalue weighted by atomic mass is 16.2. The minimum absolute atomic E-state index is 0.0386. The number of hydrogen-bond donors (Lipinski definition) is 0. The van der Waals surface area contributed by atoms with Crippen LogP contribution in [0.15, 0.2) is 60.7 Å². The number of nitrogens with zero attached hydrogens (tertiary/aromatic N) is 4. The van der Waals surface area contributed by atoms with Gasteiger partial charge >= 0.3 is 0 Å². The maximum atomic E-state index is 14.1. The predicted molar refractivity (Wildman–Crippen MR) is 165 cm³/mol. The number of para-hydroxylation sites is 1. The molecule has 3 aliphatic heterocycles. The van der Waals surface area contributed by atoms with Crippen LogP contribution < -0.4 is 4.90 Å². The summed E-state index contributed by atoms with van der Waals surface area (Å²) >= 11 is 0. The lowest BCUT2D eigenvalue weighted by atomic mass is 9.85. The molecule has 0 bridgehead atoms. The molecule has 0 radical (unpaired) electrons. The second kappa shape index (κ2) is 12.9. The Labute approximate surface area is 250 Å². The molecule has 0 aromatic heterocycles. The molecule has 0 atom stereocenters. The van der Waals surface area contributed by atoms with Crippen LogP contribution in [0.2, 0.25) is 0 Å². The molecule has 1 spiro atoms. The first-order valence-electron chi connectivity index (χ1n) is 16.2. The first-order valence-corrected chi connectivity index (χ1v) is 16.2. The topological polar surface area (TPSA) is 64.2 Å². The highest BCUT2D eigenvalue weighted by Gasteiger charge is 2.54. The molecule has 224 valence electrons. The highest BCUT2D eigenvalue weighted by molar-refractivity contribution is 5.96. The second-order valence-corrected chi connectivity index (χ2v) is 13.0. The number of rotatable bonds is 8. The third kappa shape index (κ3) is 6.20. The smallest absolute Gasteiger partial charge is 0.250 e. The molecule has 1 aliphatic carbocycles. The van der Waals surface area contributed by atoms with Crippen LogP contribution in [0.1, 0.15) is 69.8 Å². The summed E-state index contributed by atoms with van der Waals surface area (Å²) in [6.45, 7) is 3.23. The Morgan fingerprint density at radius 3 is 2.02 bits per heavy atom. The zero-order chi connectivity index (χ0) is 28.9. The minimum Gasteiger partial charge on any atom is -0.342 e. The summed E-state index contributed by atoms with van der Waals surface area (Å²) < 4.78 is 0. The largest absolute Gasteiger partial charge is 0.342 e. The van der Waals surface area contributed by atoms with E-state index in [2.05, 4.69) is 41.3 Å². The van der Waals surface area contributed by atoms with Crippen LogP contribution in [0.5, 0.6) is 0 Å². The van der Waals surface area contributed by atoms with Crippen LogP contribution in [0.25, 0.3) is 0 Å². The third-order valence-corrected chi connectivity index (χ3v) is 10.4. The van der Waals surface area contributed by atoms with Crippen LogP contribution in [0, 0.1) is 11.8 Å². The van der Waals surface area contributed by atoms with E-state index in [9.17, 15) is 14.4 Å². The van der Waals surface area contributed by atoms with Gasteiger partial charge in [-0.2, -0.15) is 0 Å². The molecule has 1 saturated carbocycles. The van der Waals surface area contributed by atoms with Gasteiger partial charge in [0.25, 0.3) is 5.91 Å². The number of piperidine rings is 2. The molecule has 42 heavy (non-hydrogen) atoms. The summed E-state index contributed by atoms with van der Waals surface area (Å²) in [5.74, 6) is 1.61. The number of carbonyl (C=O) groups excluding carboxylic acids is 3. The van der Waals surface area contributed by atoms with Gasteiger partial charge in [-0.1, -0.05) is 74.2 Å². The Morgan fingerprint density at radius 1 is 0.738 bits per heavy atom. The fourth-order valence-electron chi connectivity index (χ4n) is 7.83. The van der Waals surface area contributed by atoms with Crippen molar-refractivity contribution in [1.29, 1.82) is 0 Å². The second-order valence-electron chi connectivity index (χ2n) is 13.0. The van der Waals surface area contributed by atoms with Gasteiger partial charge in [0, 0.05) is 38.3 Å². The summed E-state index contributed by atoms with van der Waals surface area (Å²) in [6, 6.07) is 20.7. The van der Waals surface area contributed by atoms with E-state index in [0.717, 1.165) is 44.5 Å². The zero-order valence-electron chi connectivity index (χ0n) is 25.0. The molecule has 3 saturated heterocycles. The van der Waals surface area contributed by atoms with E-state index in [4.69, 9.17) is 0 Å². The lowest BCUT2D eigenvalue weighted by Crippen LogP contribution is -2.57. The molecule has 7 heteroatoms. The van der Waals surface area contributed by atoms with E-state index in [1.807, 2.05) is 34.1 Å². The Morgan fingerprint density at radius 2 is 1.36 bits per heavy atom. The minimum atomic E-state index is -0.702. The Bertz CT molecular complexity index is 1210. The van der Waals surface area contributed by atoms with Crippen LogP contribution in [0.3, 0.4) is 0 Å². The van der Waals surface area contributed by atoms with Gasteiger partial charge < -0.3 is 19.6 Å². The third-order valence-electron chi connectivity index (χ3n) is 10.4. The van der Waals surface area contributed by atoms with Crippen molar-refractivity contribution in [2.75, 3.05) is 44.3 Å². The van der Waals surface area contributed by atoms with E-state index in [1.54, 1.807) is 4.90 Å². The molecule has 0 N–H and O–H groups in total. The molecule has 6 rings (SSSR count). The number of benzene rings is 2. The molecular formula is C35H46N4O3. The normalized spacial score (nSPS) is 21.5. The van der Waals surface area contributed by atoms with Crippen molar-refractivity contribution in [2.45, 2.75) is 76.2 Å². The van der Waals surface area contributed by atoms with E-state index in [0.29, 0.717) is 50.9 Å². The molecule has 2 aromatic carbocycles. The number of amides is 3. The first-order chi connectivity index (χ1) is 20.5. The number of hydrogen-bond acceptors (Lipinski definition) is 4. The predicted octanol–water partition coefficient (Wildman–Crippen LogP) is 5.11. The molecular weight excluding hydrogens is 524 g/mol. The molecule has 2 aromatic rings. The fraction of sp³-hybridized carbons (Fsp3) is 0.571. The molecule has 0 unspecified atom stereocenters. The Balaban J connectivity index is 1.07.